The molecular weight excluding hydrogens is 428 g/mol. The molecule has 3 aromatic rings. The zero-order valence-corrected chi connectivity index (χ0v) is 19.0. The molecule has 1 aliphatic rings. The molecule has 8 nitrogen and oxygen atoms in total. The minimum atomic E-state index is -2.46. The summed E-state index contributed by atoms with van der Waals surface area (Å²) in [7, 11) is 1.69. The molecule has 178 valence electrons. The summed E-state index contributed by atoms with van der Waals surface area (Å²) < 4.78 is 26.6. The van der Waals surface area contributed by atoms with Crippen LogP contribution < -0.4 is 10.2 Å². The van der Waals surface area contributed by atoms with Crippen molar-refractivity contribution in [1.82, 2.24) is 30.4 Å². The highest BCUT2D eigenvalue weighted by atomic mass is 19.3. The number of anilines is 1. The molecule has 1 aliphatic heterocycles. The number of carbonyl (C=O) groups is 1. The van der Waals surface area contributed by atoms with Crippen LogP contribution in [-0.4, -0.2) is 76.2 Å². The molecule has 0 saturated carbocycles. The highest BCUT2D eigenvalue weighted by molar-refractivity contribution is 5.91. The number of halogens is 2. The average molecular weight is 460 g/mol. The molecule has 2 atom stereocenters. The number of H-pyrrole nitrogens is 2. The molecule has 10 heteroatoms. The van der Waals surface area contributed by atoms with Crippen LogP contribution in [0.1, 0.15) is 42.4 Å². The second-order valence-corrected chi connectivity index (χ2v) is 8.69. The van der Waals surface area contributed by atoms with E-state index in [-0.39, 0.29) is 30.3 Å². The van der Waals surface area contributed by atoms with Crippen molar-refractivity contribution in [3.05, 3.63) is 41.9 Å². The van der Waals surface area contributed by atoms with Crippen molar-refractivity contribution in [3.63, 3.8) is 0 Å². The van der Waals surface area contributed by atoms with Crippen LogP contribution in [0.4, 0.5) is 14.7 Å². The molecule has 1 amide bonds. The van der Waals surface area contributed by atoms with Gasteiger partial charge in [0.25, 0.3) is 12.3 Å². The number of likely N-dealkylation sites (N-methyl/N-ethyl adjacent to an activating group) is 1. The third kappa shape index (κ3) is 5.32. The van der Waals surface area contributed by atoms with Crippen LogP contribution in [0.25, 0.3) is 10.9 Å². The Kier molecular flexibility index (Phi) is 7.22. The van der Waals surface area contributed by atoms with Crippen molar-refractivity contribution in [1.29, 1.82) is 0 Å². The molecule has 2 aromatic heterocycles. The van der Waals surface area contributed by atoms with E-state index in [2.05, 4.69) is 38.5 Å². The van der Waals surface area contributed by atoms with Crippen molar-refractivity contribution >= 4 is 22.8 Å². The summed E-state index contributed by atoms with van der Waals surface area (Å²) in [5.41, 5.74) is 2.22. The summed E-state index contributed by atoms with van der Waals surface area (Å²) in [5.74, 6) is 0.0350. The van der Waals surface area contributed by atoms with Crippen molar-refractivity contribution in [2.75, 3.05) is 31.6 Å². The summed E-state index contributed by atoms with van der Waals surface area (Å²) in [5, 5.41) is 11.1. The maximum absolute atomic E-state index is 13.3. The normalized spacial score (nSPS) is 18.2. The molecule has 0 aliphatic carbocycles. The number of aromatic amines is 2. The average Bonchev–Trinajstić information content (AvgIpc) is 3.45. The maximum Gasteiger partial charge on any atom is 0.288 e. The van der Waals surface area contributed by atoms with Gasteiger partial charge in [0, 0.05) is 42.8 Å². The number of fused-ring (bicyclic) bond motifs is 1. The van der Waals surface area contributed by atoms with Crippen LogP contribution in [0.15, 0.2) is 30.5 Å². The lowest BCUT2D eigenvalue weighted by molar-refractivity contribution is 0.0322. The molecule has 1 saturated heterocycles. The second kappa shape index (κ2) is 10.3. The van der Waals surface area contributed by atoms with Crippen LogP contribution in [0.5, 0.6) is 0 Å². The number of para-hydroxylation sites is 1. The number of carbonyl (C=O) groups excluding carboxylic acids is 1. The van der Waals surface area contributed by atoms with E-state index in [4.69, 9.17) is 0 Å². The summed E-state index contributed by atoms with van der Waals surface area (Å²) in [4.78, 5) is 23.9. The van der Waals surface area contributed by atoms with Crippen LogP contribution in [0, 0.1) is 0 Å². The van der Waals surface area contributed by atoms with Gasteiger partial charge in [-0.15, -0.1) is 5.10 Å². The van der Waals surface area contributed by atoms with E-state index in [1.165, 1.54) is 0 Å². The lowest BCUT2D eigenvalue weighted by Gasteiger charge is -2.38. The lowest BCUT2D eigenvalue weighted by Crippen LogP contribution is -2.54. The van der Waals surface area contributed by atoms with Crippen molar-refractivity contribution < 1.29 is 13.6 Å². The molecule has 1 fully saturated rings. The van der Waals surface area contributed by atoms with Crippen LogP contribution in [0.3, 0.4) is 0 Å². The molecule has 3 N–H and O–H groups in total. The number of hydrogen-bond acceptors (Lipinski definition) is 5. The Morgan fingerprint density at radius 3 is 2.91 bits per heavy atom. The topological polar surface area (TPSA) is 92.9 Å². The van der Waals surface area contributed by atoms with Gasteiger partial charge in [0.1, 0.15) is 0 Å². The first-order valence-electron chi connectivity index (χ1n) is 11.5. The number of nitrogens with zero attached hydrogens (tertiary/aromatic N) is 4. The molecule has 33 heavy (non-hydrogen) atoms. The number of benzene rings is 1. The Balaban J connectivity index is 1.43. The van der Waals surface area contributed by atoms with E-state index in [1.54, 1.807) is 16.8 Å². The molecule has 0 radical (unpaired) electrons. The highest BCUT2D eigenvalue weighted by Crippen LogP contribution is 2.21. The fourth-order valence-electron chi connectivity index (χ4n) is 4.35. The number of piperazine rings is 1. The number of rotatable bonds is 9. The molecular formula is C23H31F2N7O. The first-order valence-corrected chi connectivity index (χ1v) is 11.5. The van der Waals surface area contributed by atoms with Gasteiger partial charge in [-0.05, 0) is 31.5 Å². The second-order valence-electron chi connectivity index (χ2n) is 8.69. The van der Waals surface area contributed by atoms with Gasteiger partial charge >= 0.3 is 0 Å². The van der Waals surface area contributed by atoms with Gasteiger partial charge in [0.2, 0.25) is 11.8 Å². The summed E-state index contributed by atoms with van der Waals surface area (Å²) in [6, 6.07) is 7.16. The minimum Gasteiger partial charge on any atom is -0.361 e. The Hall–Kier alpha value is -3.01. The third-order valence-electron chi connectivity index (χ3n) is 6.34. The van der Waals surface area contributed by atoms with Gasteiger partial charge in [0.15, 0.2) is 0 Å². The van der Waals surface area contributed by atoms with E-state index < -0.39 is 12.5 Å². The van der Waals surface area contributed by atoms with Crippen LogP contribution >= 0.6 is 0 Å². The number of unbranched alkanes of at least 4 members (excludes halogenated alkanes) is 1. The standard InChI is InChI=1S/C23H31F2N7O/c1-3-4-7-16(12-15-13-26-18-9-6-5-8-17(15)18)27-22(33)21-28-23(30-29-21)32-11-10-31(2)19(14-32)20(24)25/h5-6,8-9,13,16,19-20,26H,3-4,7,10-12,14H2,1-2H3,(H,27,33)(H,28,29,30). The van der Waals surface area contributed by atoms with Gasteiger partial charge in [-0.3, -0.25) is 14.8 Å². The van der Waals surface area contributed by atoms with E-state index >= 15 is 0 Å². The van der Waals surface area contributed by atoms with Crippen LogP contribution in [-0.2, 0) is 6.42 Å². The monoisotopic (exact) mass is 459 g/mol. The summed E-state index contributed by atoms with van der Waals surface area (Å²) in [6.45, 7) is 3.25. The third-order valence-corrected chi connectivity index (χ3v) is 6.34. The molecule has 4 rings (SSSR count). The van der Waals surface area contributed by atoms with Gasteiger partial charge in [-0.25, -0.2) is 8.78 Å². The smallest absolute Gasteiger partial charge is 0.288 e. The maximum atomic E-state index is 13.3. The largest absolute Gasteiger partial charge is 0.361 e. The lowest BCUT2D eigenvalue weighted by atomic mass is 10.0. The fraction of sp³-hybridized carbons (Fsp3) is 0.522. The molecule has 0 bridgehead atoms. The fourth-order valence-corrected chi connectivity index (χ4v) is 4.35. The SMILES string of the molecule is CCCCC(Cc1c[nH]c2ccccc12)NC(=O)c1nc(N2CCN(C)C(C(F)F)C2)n[nH]1. The van der Waals surface area contributed by atoms with E-state index in [0.717, 1.165) is 35.7 Å². The van der Waals surface area contributed by atoms with Gasteiger partial charge < -0.3 is 15.2 Å². The summed E-state index contributed by atoms with van der Waals surface area (Å²) >= 11 is 0. The molecule has 0 spiro atoms. The van der Waals surface area contributed by atoms with Gasteiger partial charge in [-0.2, -0.15) is 4.98 Å². The number of hydrogen-bond donors (Lipinski definition) is 3. The summed E-state index contributed by atoms with van der Waals surface area (Å²) in [6.07, 6.45) is 3.10. The molecule has 3 heterocycles. The first kappa shape index (κ1) is 23.2. The van der Waals surface area contributed by atoms with E-state index in [9.17, 15) is 13.6 Å². The minimum absolute atomic E-state index is 0.0583. The quantitative estimate of drug-likeness (QED) is 0.457. The predicted octanol–water partition coefficient (Wildman–Crippen LogP) is 3.20. The molecule has 2 unspecified atom stereocenters. The Morgan fingerprint density at radius 2 is 2.12 bits per heavy atom. The first-order chi connectivity index (χ1) is 16.0. The number of nitrogens with one attached hydrogen (secondary N) is 3. The van der Waals surface area contributed by atoms with Crippen LogP contribution in [0.2, 0.25) is 0 Å². The number of amides is 1. The van der Waals surface area contributed by atoms with Gasteiger partial charge in [-0.1, -0.05) is 38.0 Å². The molecule has 1 aromatic carbocycles. The highest BCUT2D eigenvalue weighted by Gasteiger charge is 2.33. The van der Waals surface area contributed by atoms with E-state index in [0.29, 0.717) is 19.5 Å². The number of aromatic nitrogens is 4. The van der Waals surface area contributed by atoms with Crippen molar-refractivity contribution in [2.24, 2.45) is 0 Å². The Bertz CT molecular complexity index is 1070. The van der Waals surface area contributed by atoms with E-state index in [1.807, 2.05) is 24.4 Å². The van der Waals surface area contributed by atoms with Crippen molar-refractivity contribution in [2.45, 2.75) is 51.1 Å². The number of alkyl halides is 2. The Labute approximate surface area is 191 Å². The van der Waals surface area contributed by atoms with Gasteiger partial charge in [0.05, 0.1) is 6.04 Å². The zero-order chi connectivity index (χ0) is 23.4. The zero-order valence-electron chi connectivity index (χ0n) is 19.0. The Morgan fingerprint density at radius 1 is 1.30 bits per heavy atom. The predicted molar refractivity (Wildman–Crippen MR) is 124 cm³/mol. The van der Waals surface area contributed by atoms with Crippen molar-refractivity contribution in [3.8, 4) is 0 Å².